The molecule has 0 unspecified atom stereocenters. The van der Waals surface area contributed by atoms with E-state index in [2.05, 4.69) is 19.5 Å². The van der Waals surface area contributed by atoms with Gasteiger partial charge in [-0.3, -0.25) is 14.8 Å². The molecule has 1 aliphatic heterocycles. The van der Waals surface area contributed by atoms with Gasteiger partial charge in [-0.05, 0) is 48.2 Å². The molecule has 1 fully saturated rings. The molecule has 6 heteroatoms. The monoisotopic (exact) mass is 361 g/mol. The Morgan fingerprint density at radius 2 is 1.70 bits per heavy atom. The van der Waals surface area contributed by atoms with Crippen molar-refractivity contribution in [1.29, 1.82) is 0 Å². The maximum absolute atomic E-state index is 12.7. The first kappa shape index (κ1) is 17.4. The number of hydrogen-bond acceptors (Lipinski definition) is 4. The second kappa shape index (κ2) is 8.12. The second-order valence-electron chi connectivity index (χ2n) is 6.98. The van der Waals surface area contributed by atoms with E-state index in [1.165, 1.54) is 5.56 Å². The minimum atomic E-state index is 0.179. The van der Waals surface area contributed by atoms with Crippen LogP contribution >= 0.6 is 0 Å². The molecule has 4 rings (SSSR count). The summed E-state index contributed by atoms with van der Waals surface area (Å²) in [5.74, 6) is 1.52. The van der Waals surface area contributed by atoms with E-state index in [0.717, 1.165) is 43.9 Å². The zero-order valence-electron chi connectivity index (χ0n) is 15.2. The second-order valence-corrected chi connectivity index (χ2v) is 6.98. The predicted molar refractivity (Wildman–Crippen MR) is 102 cm³/mol. The van der Waals surface area contributed by atoms with Crippen LogP contribution in [0.1, 0.15) is 35.7 Å². The molecule has 0 spiro atoms. The van der Waals surface area contributed by atoms with E-state index in [-0.39, 0.29) is 11.8 Å². The number of imidazole rings is 1. The van der Waals surface area contributed by atoms with Gasteiger partial charge in [0.2, 0.25) is 5.91 Å². The molecule has 3 aromatic heterocycles. The fourth-order valence-corrected chi connectivity index (χ4v) is 3.70. The number of likely N-dealkylation sites (tertiary alicyclic amines) is 1. The van der Waals surface area contributed by atoms with Crippen LogP contribution in [-0.4, -0.2) is 43.4 Å². The highest BCUT2D eigenvalue weighted by Crippen LogP contribution is 2.26. The predicted octanol–water partition coefficient (Wildman–Crippen LogP) is 2.67. The van der Waals surface area contributed by atoms with Gasteiger partial charge in [-0.15, -0.1) is 0 Å². The average molecular weight is 361 g/mol. The first-order chi connectivity index (χ1) is 13.3. The quantitative estimate of drug-likeness (QED) is 0.701. The van der Waals surface area contributed by atoms with Crippen molar-refractivity contribution >= 4 is 5.91 Å². The molecule has 138 valence electrons. The van der Waals surface area contributed by atoms with Crippen molar-refractivity contribution in [3.63, 3.8) is 0 Å². The standard InChI is InChI=1S/C21H23N5O/c27-20(14-17-3-7-22-8-4-17)25-12-1-2-19(16-25)21-24-11-13-26(21)15-18-5-9-23-10-6-18/h3-11,13,19H,1-2,12,14-16H2/t19-/m0/s1. The molecule has 0 saturated carbocycles. The Labute approximate surface area is 158 Å². The minimum absolute atomic E-state index is 0.179. The smallest absolute Gasteiger partial charge is 0.227 e. The first-order valence-electron chi connectivity index (χ1n) is 9.36. The molecule has 1 amide bonds. The molecule has 4 heterocycles. The number of nitrogens with zero attached hydrogens (tertiary/aromatic N) is 5. The number of hydrogen-bond donors (Lipinski definition) is 0. The van der Waals surface area contributed by atoms with Crippen LogP contribution in [-0.2, 0) is 17.8 Å². The van der Waals surface area contributed by atoms with Crippen molar-refractivity contribution in [3.8, 4) is 0 Å². The molecule has 0 aliphatic carbocycles. The van der Waals surface area contributed by atoms with Crippen LogP contribution in [0.15, 0.2) is 61.4 Å². The maximum atomic E-state index is 12.7. The van der Waals surface area contributed by atoms with Crippen LogP contribution in [0.2, 0.25) is 0 Å². The Morgan fingerprint density at radius 1 is 1.00 bits per heavy atom. The summed E-state index contributed by atoms with van der Waals surface area (Å²) in [4.78, 5) is 27.4. The lowest BCUT2D eigenvalue weighted by molar-refractivity contribution is -0.131. The van der Waals surface area contributed by atoms with Gasteiger partial charge in [0.15, 0.2) is 0 Å². The van der Waals surface area contributed by atoms with Gasteiger partial charge in [-0.2, -0.15) is 0 Å². The van der Waals surface area contributed by atoms with Crippen molar-refractivity contribution in [2.24, 2.45) is 0 Å². The van der Waals surface area contributed by atoms with E-state index in [4.69, 9.17) is 0 Å². The van der Waals surface area contributed by atoms with Gasteiger partial charge in [-0.1, -0.05) is 0 Å². The summed E-state index contributed by atoms with van der Waals surface area (Å²) in [5, 5.41) is 0. The van der Waals surface area contributed by atoms with E-state index in [1.807, 2.05) is 54.0 Å². The minimum Gasteiger partial charge on any atom is -0.342 e. The number of piperidine rings is 1. The lowest BCUT2D eigenvalue weighted by atomic mass is 9.96. The fraction of sp³-hybridized carbons (Fsp3) is 0.333. The lowest BCUT2D eigenvalue weighted by Gasteiger charge is -2.33. The third-order valence-corrected chi connectivity index (χ3v) is 5.09. The molecule has 0 radical (unpaired) electrons. The molecular weight excluding hydrogens is 338 g/mol. The van der Waals surface area contributed by atoms with Crippen molar-refractivity contribution in [3.05, 3.63) is 78.4 Å². The zero-order chi connectivity index (χ0) is 18.5. The summed E-state index contributed by atoms with van der Waals surface area (Å²) < 4.78 is 2.19. The maximum Gasteiger partial charge on any atom is 0.227 e. The van der Waals surface area contributed by atoms with Crippen molar-refractivity contribution in [2.45, 2.75) is 31.7 Å². The summed E-state index contributed by atoms with van der Waals surface area (Å²) in [6.45, 7) is 2.34. The Hall–Kier alpha value is -3.02. The summed E-state index contributed by atoms with van der Waals surface area (Å²) >= 11 is 0. The van der Waals surface area contributed by atoms with Crippen LogP contribution in [0.3, 0.4) is 0 Å². The van der Waals surface area contributed by atoms with Gasteiger partial charge >= 0.3 is 0 Å². The molecule has 0 bridgehead atoms. The molecule has 6 nitrogen and oxygen atoms in total. The molecule has 27 heavy (non-hydrogen) atoms. The molecule has 0 N–H and O–H groups in total. The number of aromatic nitrogens is 4. The number of carbonyl (C=O) groups is 1. The van der Waals surface area contributed by atoms with Crippen LogP contribution in [0.5, 0.6) is 0 Å². The summed E-state index contributed by atoms with van der Waals surface area (Å²) in [6.07, 6.45) is 13.5. The van der Waals surface area contributed by atoms with Crippen molar-refractivity contribution < 1.29 is 4.79 Å². The van der Waals surface area contributed by atoms with E-state index in [9.17, 15) is 4.79 Å². The molecule has 3 aromatic rings. The summed E-state index contributed by atoms with van der Waals surface area (Å²) in [7, 11) is 0. The zero-order valence-corrected chi connectivity index (χ0v) is 15.2. The van der Waals surface area contributed by atoms with Gasteiger partial charge in [0.25, 0.3) is 0 Å². The Kier molecular flexibility index (Phi) is 5.23. The first-order valence-corrected chi connectivity index (χ1v) is 9.36. The van der Waals surface area contributed by atoms with Gasteiger partial charge < -0.3 is 9.47 Å². The lowest BCUT2D eigenvalue weighted by Crippen LogP contribution is -2.40. The summed E-state index contributed by atoms with van der Waals surface area (Å²) in [6, 6.07) is 7.85. The van der Waals surface area contributed by atoms with E-state index >= 15 is 0 Å². The van der Waals surface area contributed by atoms with Crippen LogP contribution < -0.4 is 0 Å². The third-order valence-electron chi connectivity index (χ3n) is 5.09. The van der Waals surface area contributed by atoms with E-state index in [1.54, 1.807) is 12.4 Å². The topological polar surface area (TPSA) is 63.9 Å². The molecule has 1 aliphatic rings. The highest BCUT2D eigenvalue weighted by molar-refractivity contribution is 5.78. The summed E-state index contributed by atoms with van der Waals surface area (Å²) in [5.41, 5.74) is 2.21. The van der Waals surface area contributed by atoms with Gasteiger partial charge in [0.05, 0.1) is 6.42 Å². The highest BCUT2D eigenvalue weighted by Gasteiger charge is 2.27. The van der Waals surface area contributed by atoms with Gasteiger partial charge in [0.1, 0.15) is 5.82 Å². The Bertz CT molecular complexity index is 878. The number of carbonyl (C=O) groups excluding carboxylic acids is 1. The SMILES string of the molecule is O=C(Cc1ccncc1)N1CCC[C@H](c2nccn2Cc2ccncc2)C1. The van der Waals surface area contributed by atoms with Gasteiger partial charge in [0, 0.05) is 62.7 Å². The third kappa shape index (κ3) is 4.22. The van der Waals surface area contributed by atoms with Crippen molar-refractivity contribution in [2.75, 3.05) is 13.1 Å². The van der Waals surface area contributed by atoms with E-state index in [0.29, 0.717) is 6.42 Å². The fourth-order valence-electron chi connectivity index (χ4n) is 3.70. The Morgan fingerprint density at radius 3 is 2.44 bits per heavy atom. The number of amides is 1. The largest absolute Gasteiger partial charge is 0.342 e. The molecule has 1 saturated heterocycles. The van der Waals surface area contributed by atoms with Crippen LogP contribution in [0, 0.1) is 0 Å². The number of rotatable bonds is 5. The van der Waals surface area contributed by atoms with Crippen molar-refractivity contribution in [1.82, 2.24) is 24.4 Å². The molecular formula is C21H23N5O. The van der Waals surface area contributed by atoms with Gasteiger partial charge in [-0.25, -0.2) is 4.98 Å². The van der Waals surface area contributed by atoms with E-state index < -0.39 is 0 Å². The normalized spacial score (nSPS) is 17.0. The molecule has 1 atom stereocenters. The van der Waals surface area contributed by atoms with Crippen LogP contribution in [0.4, 0.5) is 0 Å². The average Bonchev–Trinajstić information content (AvgIpc) is 3.18. The highest BCUT2D eigenvalue weighted by atomic mass is 16.2. The molecule has 0 aromatic carbocycles. The van der Waals surface area contributed by atoms with Crippen LogP contribution in [0.25, 0.3) is 0 Å². The number of pyridine rings is 2. The Balaban J connectivity index is 1.44.